The van der Waals surface area contributed by atoms with Crippen LogP contribution >= 0.6 is 11.6 Å². The van der Waals surface area contributed by atoms with Crippen LogP contribution in [0.1, 0.15) is 27.2 Å². The van der Waals surface area contributed by atoms with Gasteiger partial charge in [-0.3, -0.25) is 0 Å². The zero-order valence-electron chi connectivity index (χ0n) is 10.2. The Morgan fingerprint density at radius 1 is 1.38 bits per heavy atom. The van der Waals surface area contributed by atoms with Crippen molar-refractivity contribution in [3.05, 3.63) is 0 Å². The van der Waals surface area contributed by atoms with Crippen LogP contribution in [0, 0.1) is 5.92 Å². The summed E-state index contributed by atoms with van der Waals surface area (Å²) in [6, 6.07) is 0. The fourth-order valence-corrected chi connectivity index (χ4v) is 2.66. The highest BCUT2D eigenvalue weighted by Gasteiger charge is 2.13. The molecule has 0 aromatic carbocycles. The SMILES string of the molecule is CCOCCS(=O)(=O)NCC(Cl)CC(C)C. The van der Waals surface area contributed by atoms with Gasteiger partial charge < -0.3 is 4.74 Å². The molecule has 1 N–H and O–H groups in total. The smallest absolute Gasteiger partial charge is 0.213 e. The average molecular weight is 272 g/mol. The Bertz CT molecular complexity index is 267. The summed E-state index contributed by atoms with van der Waals surface area (Å²) in [6.07, 6.45) is 0.801. The van der Waals surface area contributed by atoms with Gasteiger partial charge in [-0.25, -0.2) is 13.1 Å². The van der Waals surface area contributed by atoms with Crippen LogP contribution in [0.15, 0.2) is 0 Å². The maximum atomic E-state index is 11.4. The number of rotatable bonds is 9. The Balaban J connectivity index is 3.81. The Kier molecular flexibility index (Phi) is 8.36. The van der Waals surface area contributed by atoms with Crippen molar-refractivity contribution in [2.24, 2.45) is 5.92 Å². The number of ether oxygens (including phenoxy) is 1. The predicted molar refractivity (Wildman–Crippen MR) is 67.4 cm³/mol. The molecule has 0 aliphatic rings. The number of alkyl halides is 1. The van der Waals surface area contributed by atoms with Gasteiger partial charge in [0.15, 0.2) is 0 Å². The molecule has 6 heteroatoms. The third kappa shape index (κ3) is 9.39. The first-order valence-corrected chi connectivity index (χ1v) is 7.65. The number of hydrogen-bond acceptors (Lipinski definition) is 3. The summed E-state index contributed by atoms with van der Waals surface area (Å²) in [5.41, 5.74) is 0. The van der Waals surface area contributed by atoms with E-state index in [1.54, 1.807) is 0 Å². The lowest BCUT2D eigenvalue weighted by Gasteiger charge is -2.13. The van der Waals surface area contributed by atoms with E-state index in [4.69, 9.17) is 16.3 Å². The maximum absolute atomic E-state index is 11.4. The highest BCUT2D eigenvalue weighted by Crippen LogP contribution is 2.09. The quantitative estimate of drug-likeness (QED) is 0.512. The lowest BCUT2D eigenvalue weighted by atomic mass is 10.1. The van der Waals surface area contributed by atoms with Gasteiger partial charge in [0.1, 0.15) is 0 Å². The zero-order chi connectivity index (χ0) is 12.6. The first-order chi connectivity index (χ1) is 7.37. The van der Waals surface area contributed by atoms with E-state index in [1.807, 2.05) is 6.92 Å². The highest BCUT2D eigenvalue weighted by atomic mass is 35.5. The minimum absolute atomic E-state index is 0.00781. The van der Waals surface area contributed by atoms with Crippen LogP contribution in [-0.4, -0.2) is 39.3 Å². The third-order valence-electron chi connectivity index (χ3n) is 1.95. The normalized spacial score (nSPS) is 14.3. The van der Waals surface area contributed by atoms with Crippen LogP contribution in [0.5, 0.6) is 0 Å². The van der Waals surface area contributed by atoms with Gasteiger partial charge in [-0.05, 0) is 19.3 Å². The first kappa shape index (κ1) is 16.2. The molecule has 0 saturated heterocycles. The largest absolute Gasteiger partial charge is 0.381 e. The van der Waals surface area contributed by atoms with E-state index in [1.165, 1.54) is 0 Å². The molecule has 0 heterocycles. The molecule has 98 valence electrons. The van der Waals surface area contributed by atoms with Crippen molar-refractivity contribution in [3.63, 3.8) is 0 Å². The minimum atomic E-state index is -3.24. The molecule has 0 aliphatic carbocycles. The monoisotopic (exact) mass is 271 g/mol. The molecule has 0 fully saturated rings. The van der Waals surface area contributed by atoms with E-state index in [9.17, 15) is 8.42 Å². The molecule has 0 aromatic heterocycles. The van der Waals surface area contributed by atoms with Crippen molar-refractivity contribution < 1.29 is 13.2 Å². The summed E-state index contributed by atoms with van der Waals surface area (Å²) in [6.45, 7) is 6.98. The molecule has 0 radical (unpaired) electrons. The van der Waals surface area contributed by atoms with Gasteiger partial charge >= 0.3 is 0 Å². The molecule has 4 nitrogen and oxygen atoms in total. The Hall–Kier alpha value is 0.160. The Morgan fingerprint density at radius 2 is 2.00 bits per heavy atom. The minimum Gasteiger partial charge on any atom is -0.381 e. The molecule has 0 aliphatic heterocycles. The van der Waals surface area contributed by atoms with Gasteiger partial charge in [-0.1, -0.05) is 13.8 Å². The number of nitrogens with one attached hydrogen (secondary N) is 1. The standard InChI is InChI=1S/C10H22ClNO3S/c1-4-15-5-6-16(13,14)12-8-10(11)7-9(2)3/h9-10,12H,4-8H2,1-3H3. The van der Waals surface area contributed by atoms with Crippen LogP contribution in [0.2, 0.25) is 0 Å². The van der Waals surface area contributed by atoms with Crippen LogP contribution in [0.4, 0.5) is 0 Å². The fourth-order valence-electron chi connectivity index (χ4n) is 1.20. The summed E-state index contributed by atoms with van der Waals surface area (Å²) < 4.78 is 30.4. The highest BCUT2D eigenvalue weighted by molar-refractivity contribution is 7.89. The topological polar surface area (TPSA) is 55.4 Å². The molecule has 0 spiro atoms. The number of halogens is 1. The molecular formula is C10H22ClNO3S. The van der Waals surface area contributed by atoms with Crippen LogP contribution in [-0.2, 0) is 14.8 Å². The summed E-state index contributed by atoms with van der Waals surface area (Å²) in [4.78, 5) is 0. The molecule has 0 saturated carbocycles. The Labute approximate surface area is 104 Å². The van der Waals surface area contributed by atoms with Crippen molar-refractivity contribution in [1.82, 2.24) is 4.72 Å². The first-order valence-electron chi connectivity index (χ1n) is 5.56. The van der Waals surface area contributed by atoms with E-state index < -0.39 is 10.0 Å². The van der Waals surface area contributed by atoms with E-state index in [-0.39, 0.29) is 24.3 Å². The summed E-state index contributed by atoms with van der Waals surface area (Å²) in [5, 5.41) is -0.151. The molecule has 0 bridgehead atoms. The van der Waals surface area contributed by atoms with Crippen molar-refractivity contribution >= 4 is 21.6 Å². The van der Waals surface area contributed by atoms with Crippen LogP contribution in [0.3, 0.4) is 0 Å². The predicted octanol–water partition coefficient (Wildman–Crippen LogP) is 1.60. The molecule has 0 rings (SSSR count). The van der Waals surface area contributed by atoms with Gasteiger partial charge in [-0.2, -0.15) is 0 Å². The molecule has 0 amide bonds. The zero-order valence-corrected chi connectivity index (χ0v) is 11.8. The molecular weight excluding hydrogens is 250 g/mol. The van der Waals surface area contributed by atoms with E-state index in [2.05, 4.69) is 18.6 Å². The third-order valence-corrected chi connectivity index (χ3v) is 3.60. The van der Waals surface area contributed by atoms with Crippen molar-refractivity contribution in [3.8, 4) is 0 Å². The van der Waals surface area contributed by atoms with Crippen molar-refractivity contribution in [1.29, 1.82) is 0 Å². The summed E-state index contributed by atoms with van der Waals surface area (Å²) >= 11 is 5.98. The van der Waals surface area contributed by atoms with E-state index in [0.29, 0.717) is 12.5 Å². The van der Waals surface area contributed by atoms with Gasteiger partial charge in [0.25, 0.3) is 0 Å². The van der Waals surface area contributed by atoms with Gasteiger partial charge in [0.05, 0.1) is 12.4 Å². The van der Waals surface area contributed by atoms with Crippen LogP contribution in [0.25, 0.3) is 0 Å². The van der Waals surface area contributed by atoms with Crippen molar-refractivity contribution in [2.75, 3.05) is 25.5 Å². The fraction of sp³-hybridized carbons (Fsp3) is 1.00. The Morgan fingerprint density at radius 3 is 2.50 bits per heavy atom. The summed E-state index contributed by atoms with van der Waals surface area (Å²) in [5.74, 6) is 0.460. The van der Waals surface area contributed by atoms with E-state index in [0.717, 1.165) is 6.42 Å². The van der Waals surface area contributed by atoms with Gasteiger partial charge in [0.2, 0.25) is 10.0 Å². The second kappa shape index (κ2) is 8.28. The lowest BCUT2D eigenvalue weighted by molar-refractivity contribution is 0.163. The van der Waals surface area contributed by atoms with Crippen LogP contribution < -0.4 is 4.72 Å². The van der Waals surface area contributed by atoms with Crippen molar-refractivity contribution in [2.45, 2.75) is 32.6 Å². The lowest BCUT2D eigenvalue weighted by Crippen LogP contribution is -2.33. The molecule has 0 aromatic rings. The second-order valence-electron chi connectivity index (χ2n) is 4.09. The number of sulfonamides is 1. The second-order valence-corrected chi connectivity index (χ2v) is 6.63. The van der Waals surface area contributed by atoms with Gasteiger partial charge in [-0.15, -0.1) is 11.6 Å². The molecule has 1 unspecified atom stereocenters. The van der Waals surface area contributed by atoms with E-state index >= 15 is 0 Å². The average Bonchev–Trinajstić information content (AvgIpc) is 2.14. The van der Waals surface area contributed by atoms with Gasteiger partial charge in [0, 0.05) is 18.5 Å². The maximum Gasteiger partial charge on any atom is 0.213 e. The molecule has 16 heavy (non-hydrogen) atoms. The molecule has 1 atom stereocenters. The number of hydrogen-bond donors (Lipinski definition) is 1. The summed E-state index contributed by atoms with van der Waals surface area (Å²) in [7, 11) is -3.24.